The Balaban J connectivity index is 1.10. The molecule has 9 nitrogen and oxygen atoms in total. The van der Waals surface area contributed by atoms with Crippen LogP contribution in [0.5, 0.6) is 5.75 Å². The van der Waals surface area contributed by atoms with E-state index in [0.29, 0.717) is 47.4 Å². The minimum absolute atomic E-state index is 0.00755. The molecule has 0 saturated carbocycles. The molecule has 2 saturated heterocycles. The van der Waals surface area contributed by atoms with Crippen molar-refractivity contribution in [1.29, 1.82) is 0 Å². The number of carbonyl (C=O) groups is 3. The van der Waals surface area contributed by atoms with E-state index in [1.54, 1.807) is 19.2 Å². The number of aryl methyl sites for hydroxylation is 1. The van der Waals surface area contributed by atoms with Crippen LogP contribution in [-0.4, -0.2) is 70.8 Å². The molecule has 2 aromatic heterocycles. The lowest BCUT2D eigenvalue weighted by Crippen LogP contribution is -2.44. The number of nitrogens with zero attached hydrogens (tertiary/aromatic N) is 4. The zero-order valence-corrected chi connectivity index (χ0v) is 21.9. The smallest absolute Gasteiger partial charge is 0.263 e. The van der Waals surface area contributed by atoms with Gasteiger partial charge in [0.15, 0.2) is 5.78 Å². The molecule has 4 heterocycles. The van der Waals surface area contributed by atoms with Crippen molar-refractivity contribution in [3.63, 3.8) is 0 Å². The molecule has 5 rings (SSSR count). The molecule has 0 N–H and O–H groups in total. The fraction of sp³-hybridized carbons (Fsp3) is 0.444. The lowest BCUT2D eigenvalue weighted by Gasteiger charge is -2.39. The zero-order chi connectivity index (χ0) is 26.0. The minimum Gasteiger partial charge on any atom is -0.497 e. The summed E-state index contributed by atoms with van der Waals surface area (Å²) >= 11 is 1.26. The SMILES string of the molecule is COc1ccc(-c2noc(CCC(=O)N3CCC4(CCN(C(=O)c5ccc(C(C)=O)s5)CC4)C3)n2)cc1. The van der Waals surface area contributed by atoms with E-state index in [2.05, 4.69) is 10.1 Å². The number of benzene rings is 1. The van der Waals surface area contributed by atoms with Crippen LogP contribution in [0.1, 0.15) is 57.8 Å². The number of aromatic nitrogens is 2. The van der Waals surface area contributed by atoms with Crippen LogP contribution in [0.4, 0.5) is 0 Å². The van der Waals surface area contributed by atoms with Gasteiger partial charge in [-0.05, 0) is 68.0 Å². The molecule has 0 bridgehead atoms. The molecule has 1 aromatic carbocycles. The number of ether oxygens (including phenoxy) is 1. The molecule has 10 heteroatoms. The number of Topliss-reactive ketones (excluding diaryl/α,β-unsaturated/α-hetero) is 1. The van der Waals surface area contributed by atoms with Gasteiger partial charge in [0.1, 0.15) is 5.75 Å². The molecule has 2 aliphatic heterocycles. The van der Waals surface area contributed by atoms with Gasteiger partial charge in [0.2, 0.25) is 17.6 Å². The number of methoxy groups -OCH3 is 1. The molecule has 2 aliphatic rings. The highest BCUT2D eigenvalue weighted by molar-refractivity contribution is 7.15. The Morgan fingerprint density at radius 3 is 2.32 bits per heavy atom. The number of ketones is 1. The van der Waals surface area contributed by atoms with E-state index in [-0.39, 0.29) is 23.0 Å². The second-order valence-corrected chi connectivity index (χ2v) is 10.9. The summed E-state index contributed by atoms with van der Waals surface area (Å²) in [5.74, 6) is 1.76. The van der Waals surface area contributed by atoms with Crippen LogP contribution in [0.3, 0.4) is 0 Å². The number of rotatable bonds is 7. The topological polar surface area (TPSA) is 106 Å². The van der Waals surface area contributed by atoms with Gasteiger partial charge in [-0.15, -0.1) is 11.3 Å². The predicted octanol–water partition coefficient (Wildman–Crippen LogP) is 4.10. The van der Waals surface area contributed by atoms with Crippen molar-refractivity contribution in [2.75, 3.05) is 33.3 Å². The molecule has 194 valence electrons. The average Bonchev–Trinajstić information content (AvgIpc) is 3.68. The van der Waals surface area contributed by atoms with E-state index < -0.39 is 0 Å². The maximum atomic E-state index is 12.9. The number of likely N-dealkylation sites (tertiary alicyclic amines) is 2. The predicted molar refractivity (Wildman–Crippen MR) is 138 cm³/mol. The molecule has 1 spiro atoms. The highest BCUT2D eigenvalue weighted by Crippen LogP contribution is 2.41. The molecular formula is C27H30N4O5S. The van der Waals surface area contributed by atoms with Gasteiger partial charge in [0.25, 0.3) is 5.91 Å². The van der Waals surface area contributed by atoms with Gasteiger partial charge in [-0.25, -0.2) is 0 Å². The highest BCUT2D eigenvalue weighted by atomic mass is 32.1. The van der Waals surface area contributed by atoms with Gasteiger partial charge in [-0.2, -0.15) is 4.98 Å². The number of hydrogen-bond acceptors (Lipinski definition) is 8. The fourth-order valence-electron chi connectivity index (χ4n) is 5.12. The Kier molecular flexibility index (Phi) is 7.10. The summed E-state index contributed by atoms with van der Waals surface area (Å²) in [5, 5.41) is 4.04. The maximum absolute atomic E-state index is 12.9. The summed E-state index contributed by atoms with van der Waals surface area (Å²) in [6, 6.07) is 10.9. The fourth-order valence-corrected chi connectivity index (χ4v) is 5.99. The lowest BCUT2D eigenvalue weighted by molar-refractivity contribution is -0.130. The summed E-state index contributed by atoms with van der Waals surface area (Å²) in [6.07, 6.45) is 3.43. The van der Waals surface area contributed by atoms with Crippen LogP contribution >= 0.6 is 11.3 Å². The number of amides is 2. The Bertz CT molecular complexity index is 1290. The Morgan fingerprint density at radius 1 is 1.00 bits per heavy atom. The van der Waals surface area contributed by atoms with Gasteiger partial charge in [0, 0.05) is 44.6 Å². The maximum Gasteiger partial charge on any atom is 0.263 e. The summed E-state index contributed by atoms with van der Waals surface area (Å²) in [6.45, 7) is 4.32. The molecule has 3 aromatic rings. The zero-order valence-electron chi connectivity index (χ0n) is 21.1. The molecule has 0 unspecified atom stereocenters. The number of piperidine rings is 1. The van der Waals surface area contributed by atoms with Gasteiger partial charge in [0.05, 0.1) is 16.9 Å². The third kappa shape index (κ3) is 5.44. The number of carbonyl (C=O) groups excluding carboxylic acids is 3. The summed E-state index contributed by atoms with van der Waals surface area (Å²) in [4.78, 5) is 46.9. The van der Waals surface area contributed by atoms with E-state index in [0.717, 1.165) is 43.7 Å². The van der Waals surface area contributed by atoms with Crippen molar-refractivity contribution < 1.29 is 23.6 Å². The molecule has 2 fully saturated rings. The van der Waals surface area contributed by atoms with E-state index in [4.69, 9.17) is 9.26 Å². The van der Waals surface area contributed by atoms with Gasteiger partial charge in [-0.1, -0.05) is 5.16 Å². The summed E-state index contributed by atoms with van der Waals surface area (Å²) in [7, 11) is 1.61. The van der Waals surface area contributed by atoms with Crippen molar-refractivity contribution in [3.05, 3.63) is 52.0 Å². The first-order valence-corrected chi connectivity index (χ1v) is 13.3. The van der Waals surface area contributed by atoms with Gasteiger partial charge < -0.3 is 19.1 Å². The molecular weight excluding hydrogens is 492 g/mol. The largest absolute Gasteiger partial charge is 0.497 e. The Hall–Kier alpha value is -3.53. The summed E-state index contributed by atoms with van der Waals surface area (Å²) < 4.78 is 10.5. The third-order valence-electron chi connectivity index (χ3n) is 7.44. The van der Waals surface area contributed by atoms with E-state index in [1.165, 1.54) is 18.3 Å². The van der Waals surface area contributed by atoms with Crippen LogP contribution in [0.2, 0.25) is 0 Å². The normalized spacial score (nSPS) is 16.8. The first kappa shape index (κ1) is 25.1. The summed E-state index contributed by atoms with van der Waals surface area (Å²) in [5.41, 5.74) is 0.894. The molecule has 0 atom stereocenters. The van der Waals surface area contributed by atoms with Crippen molar-refractivity contribution in [3.8, 4) is 17.1 Å². The van der Waals surface area contributed by atoms with Crippen LogP contribution in [0, 0.1) is 5.41 Å². The number of thiophene rings is 1. The van der Waals surface area contributed by atoms with Crippen LogP contribution in [0.15, 0.2) is 40.9 Å². The second kappa shape index (κ2) is 10.5. The van der Waals surface area contributed by atoms with Crippen LogP contribution < -0.4 is 4.74 Å². The van der Waals surface area contributed by atoms with Gasteiger partial charge >= 0.3 is 0 Å². The van der Waals surface area contributed by atoms with E-state index in [1.807, 2.05) is 34.1 Å². The number of hydrogen-bond donors (Lipinski definition) is 0. The molecule has 0 radical (unpaired) electrons. The highest BCUT2D eigenvalue weighted by Gasteiger charge is 2.42. The Labute approximate surface area is 219 Å². The first-order chi connectivity index (χ1) is 17.9. The van der Waals surface area contributed by atoms with Crippen LogP contribution in [0.25, 0.3) is 11.4 Å². The molecule has 2 amide bonds. The molecule has 0 aliphatic carbocycles. The Morgan fingerprint density at radius 2 is 1.68 bits per heavy atom. The van der Waals surface area contributed by atoms with Crippen molar-refractivity contribution in [1.82, 2.24) is 19.9 Å². The average molecular weight is 523 g/mol. The van der Waals surface area contributed by atoms with E-state index in [9.17, 15) is 14.4 Å². The van der Waals surface area contributed by atoms with Crippen molar-refractivity contribution in [2.24, 2.45) is 5.41 Å². The second-order valence-electron chi connectivity index (χ2n) is 9.82. The minimum atomic E-state index is -0.0193. The van der Waals surface area contributed by atoms with Crippen molar-refractivity contribution in [2.45, 2.75) is 39.0 Å². The first-order valence-electron chi connectivity index (χ1n) is 12.5. The van der Waals surface area contributed by atoms with Crippen LogP contribution in [-0.2, 0) is 11.2 Å². The quantitative estimate of drug-likeness (QED) is 0.430. The van der Waals surface area contributed by atoms with Crippen molar-refractivity contribution >= 4 is 28.9 Å². The standard InChI is InChI=1S/C27H30N4O5S/c1-18(32)21-7-8-22(37-21)26(34)30-14-11-27(12-15-30)13-16-31(17-27)24(33)10-9-23-28-25(29-36-23)19-3-5-20(35-2)6-4-19/h3-8H,9-17H2,1-2H3. The monoisotopic (exact) mass is 522 g/mol. The van der Waals surface area contributed by atoms with Gasteiger partial charge in [-0.3, -0.25) is 14.4 Å². The lowest BCUT2D eigenvalue weighted by atomic mass is 9.77. The third-order valence-corrected chi connectivity index (χ3v) is 8.61. The molecule has 37 heavy (non-hydrogen) atoms. The van der Waals surface area contributed by atoms with E-state index >= 15 is 0 Å².